The minimum Gasteiger partial charge on any atom is -0.496 e. The fourth-order valence-electron chi connectivity index (χ4n) is 2.34. The lowest BCUT2D eigenvalue weighted by Crippen LogP contribution is -2.00. The molecule has 116 valence electrons. The average molecular weight is 311 g/mol. The van der Waals surface area contributed by atoms with E-state index < -0.39 is 0 Å². The molecule has 0 spiro atoms. The van der Waals surface area contributed by atoms with Gasteiger partial charge in [0.05, 0.1) is 23.9 Å². The molecule has 0 unspecified atom stereocenters. The van der Waals surface area contributed by atoms with E-state index in [4.69, 9.17) is 4.74 Å². The van der Waals surface area contributed by atoms with Gasteiger partial charge in [-0.15, -0.1) is 0 Å². The van der Waals surface area contributed by atoms with Crippen molar-refractivity contribution in [1.82, 2.24) is 9.97 Å². The van der Waals surface area contributed by atoms with E-state index in [1.165, 1.54) is 13.4 Å². The fraction of sp³-hybridized carbons (Fsp3) is 0.118. The molecule has 0 fully saturated rings. The summed E-state index contributed by atoms with van der Waals surface area (Å²) in [6.45, 7) is 1.69. The zero-order valence-electron chi connectivity index (χ0n) is 12.6. The average Bonchev–Trinajstić information content (AvgIpc) is 2.58. The summed E-state index contributed by atoms with van der Waals surface area (Å²) in [5.74, 6) is 0.507. The summed E-state index contributed by atoms with van der Waals surface area (Å²) in [7, 11) is 1.48. The Labute approximate surface area is 132 Å². The molecule has 1 N–H and O–H groups in total. The molecule has 0 radical (unpaired) electrons. The number of hydrogen-bond acceptors (Lipinski definition) is 5. The van der Waals surface area contributed by atoms with Crippen molar-refractivity contribution in [2.24, 2.45) is 0 Å². The van der Waals surface area contributed by atoms with Crippen LogP contribution in [0.25, 0.3) is 10.9 Å². The van der Waals surface area contributed by atoms with Crippen molar-refractivity contribution in [3.05, 3.63) is 53.6 Å². The maximum Gasteiger partial charge on any atom is 0.153 e. The van der Waals surface area contributed by atoms with Crippen molar-refractivity contribution in [3.8, 4) is 5.75 Å². The number of fused-ring (bicyclic) bond motifs is 1. The summed E-state index contributed by atoms with van der Waals surface area (Å²) in [5.41, 5.74) is 1.82. The van der Waals surface area contributed by atoms with E-state index in [0.717, 1.165) is 0 Å². The van der Waals surface area contributed by atoms with Crippen molar-refractivity contribution < 1.29 is 13.9 Å². The third-order valence-electron chi connectivity index (χ3n) is 3.56. The second kappa shape index (κ2) is 6.00. The summed E-state index contributed by atoms with van der Waals surface area (Å²) in [5, 5.41) is 3.57. The Kier molecular flexibility index (Phi) is 3.89. The van der Waals surface area contributed by atoms with Gasteiger partial charge in [0, 0.05) is 11.5 Å². The predicted molar refractivity (Wildman–Crippen MR) is 85.9 cm³/mol. The summed E-state index contributed by atoms with van der Waals surface area (Å²) in [6, 6.07) is 8.34. The number of benzene rings is 2. The van der Waals surface area contributed by atoms with E-state index in [2.05, 4.69) is 15.3 Å². The van der Waals surface area contributed by atoms with Crippen molar-refractivity contribution in [2.45, 2.75) is 6.92 Å². The lowest BCUT2D eigenvalue weighted by molar-refractivity contribution is 0.112. The molecule has 1 aromatic heterocycles. The largest absolute Gasteiger partial charge is 0.496 e. The van der Waals surface area contributed by atoms with Crippen LogP contribution in [0.5, 0.6) is 5.75 Å². The van der Waals surface area contributed by atoms with Crippen molar-refractivity contribution >= 4 is 28.7 Å². The van der Waals surface area contributed by atoms with E-state index in [1.807, 2.05) is 0 Å². The number of carbonyl (C=O) groups excluding carboxylic acids is 1. The van der Waals surface area contributed by atoms with Crippen LogP contribution in [0.3, 0.4) is 0 Å². The molecule has 0 bridgehead atoms. The van der Waals surface area contributed by atoms with Gasteiger partial charge in [-0.2, -0.15) is 0 Å². The number of methoxy groups -OCH3 is 1. The topological polar surface area (TPSA) is 64.1 Å². The van der Waals surface area contributed by atoms with Crippen LogP contribution in [-0.2, 0) is 0 Å². The zero-order valence-corrected chi connectivity index (χ0v) is 12.6. The number of anilines is 2. The Morgan fingerprint density at radius 3 is 2.83 bits per heavy atom. The van der Waals surface area contributed by atoms with Crippen LogP contribution in [0.1, 0.15) is 15.9 Å². The summed E-state index contributed by atoms with van der Waals surface area (Å²) >= 11 is 0. The number of aldehydes is 1. The fourth-order valence-corrected chi connectivity index (χ4v) is 2.34. The Morgan fingerprint density at radius 2 is 2.09 bits per heavy atom. The van der Waals surface area contributed by atoms with Crippen LogP contribution >= 0.6 is 0 Å². The lowest BCUT2D eigenvalue weighted by atomic mass is 10.1. The SMILES string of the molecule is COc1cc2ncnc(Nc3cccc(C)c3F)c2cc1C=O. The number of carbonyl (C=O) groups is 1. The standard InChI is InChI=1S/C17H14FN3O2/c1-10-4-3-5-13(16(10)18)21-17-12-6-11(8-22)15(23-2)7-14(12)19-9-20-17/h3-9H,1-2H3,(H,19,20,21). The van der Waals surface area contributed by atoms with Gasteiger partial charge in [-0.25, -0.2) is 14.4 Å². The highest BCUT2D eigenvalue weighted by Crippen LogP contribution is 2.29. The number of hydrogen-bond donors (Lipinski definition) is 1. The van der Waals surface area contributed by atoms with Gasteiger partial charge in [0.2, 0.25) is 0 Å². The van der Waals surface area contributed by atoms with Crippen LogP contribution in [0.4, 0.5) is 15.9 Å². The van der Waals surface area contributed by atoms with Gasteiger partial charge in [0.15, 0.2) is 6.29 Å². The van der Waals surface area contributed by atoms with Gasteiger partial charge < -0.3 is 10.1 Å². The van der Waals surface area contributed by atoms with Gasteiger partial charge in [-0.1, -0.05) is 12.1 Å². The van der Waals surface area contributed by atoms with Crippen molar-refractivity contribution in [3.63, 3.8) is 0 Å². The second-order valence-corrected chi connectivity index (χ2v) is 5.01. The summed E-state index contributed by atoms with van der Waals surface area (Å²) in [6.07, 6.45) is 2.07. The van der Waals surface area contributed by atoms with Gasteiger partial charge in [0.1, 0.15) is 23.7 Å². The highest BCUT2D eigenvalue weighted by atomic mass is 19.1. The first-order chi connectivity index (χ1) is 11.1. The van der Waals surface area contributed by atoms with Crippen LogP contribution < -0.4 is 10.1 Å². The quantitative estimate of drug-likeness (QED) is 0.745. The maximum atomic E-state index is 14.2. The normalized spacial score (nSPS) is 10.6. The highest BCUT2D eigenvalue weighted by molar-refractivity contribution is 5.96. The smallest absolute Gasteiger partial charge is 0.153 e. The maximum absolute atomic E-state index is 14.2. The molecule has 0 saturated carbocycles. The first kappa shape index (κ1) is 14.9. The third-order valence-corrected chi connectivity index (χ3v) is 3.56. The van der Waals surface area contributed by atoms with E-state index in [0.29, 0.717) is 45.6 Å². The first-order valence-electron chi connectivity index (χ1n) is 6.94. The summed E-state index contributed by atoms with van der Waals surface area (Å²) < 4.78 is 19.3. The van der Waals surface area contributed by atoms with Crippen LogP contribution in [-0.4, -0.2) is 23.4 Å². The van der Waals surface area contributed by atoms with E-state index in [9.17, 15) is 9.18 Å². The molecule has 0 saturated heterocycles. The lowest BCUT2D eigenvalue weighted by Gasteiger charge is -2.12. The van der Waals surface area contributed by atoms with Gasteiger partial charge >= 0.3 is 0 Å². The number of nitrogens with one attached hydrogen (secondary N) is 1. The molecule has 6 heteroatoms. The van der Waals surface area contributed by atoms with Crippen LogP contribution in [0, 0.1) is 12.7 Å². The Hall–Kier alpha value is -3.02. The molecule has 0 amide bonds. The number of rotatable bonds is 4. The molecule has 0 atom stereocenters. The number of halogens is 1. The van der Waals surface area contributed by atoms with E-state index in [-0.39, 0.29) is 5.82 Å². The number of aromatic nitrogens is 2. The van der Waals surface area contributed by atoms with E-state index >= 15 is 0 Å². The molecule has 0 aliphatic rings. The molecule has 5 nitrogen and oxygen atoms in total. The minimum atomic E-state index is -0.344. The molecule has 3 aromatic rings. The monoisotopic (exact) mass is 311 g/mol. The van der Waals surface area contributed by atoms with Gasteiger partial charge in [-0.3, -0.25) is 4.79 Å². The zero-order chi connectivity index (χ0) is 16.4. The molecular formula is C17H14FN3O2. The highest BCUT2D eigenvalue weighted by Gasteiger charge is 2.12. The first-order valence-corrected chi connectivity index (χ1v) is 6.94. The van der Waals surface area contributed by atoms with Gasteiger partial charge in [0.25, 0.3) is 0 Å². The number of aryl methyl sites for hydroxylation is 1. The molecule has 0 aliphatic heterocycles. The molecular weight excluding hydrogens is 297 g/mol. The Bertz CT molecular complexity index is 896. The molecule has 1 heterocycles. The van der Waals surface area contributed by atoms with Crippen molar-refractivity contribution in [1.29, 1.82) is 0 Å². The molecule has 23 heavy (non-hydrogen) atoms. The Balaban J connectivity index is 2.14. The minimum absolute atomic E-state index is 0.313. The molecule has 2 aromatic carbocycles. The summed E-state index contributed by atoms with van der Waals surface area (Å²) in [4.78, 5) is 19.5. The third kappa shape index (κ3) is 2.70. The Morgan fingerprint density at radius 1 is 1.26 bits per heavy atom. The molecule has 3 rings (SSSR count). The second-order valence-electron chi connectivity index (χ2n) is 5.01. The predicted octanol–water partition coefficient (Wildman–Crippen LogP) is 3.64. The molecule has 0 aliphatic carbocycles. The number of ether oxygens (including phenoxy) is 1. The van der Waals surface area contributed by atoms with E-state index in [1.54, 1.807) is 37.3 Å². The number of nitrogens with zero attached hydrogens (tertiary/aromatic N) is 2. The van der Waals surface area contributed by atoms with Crippen molar-refractivity contribution in [2.75, 3.05) is 12.4 Å². The van der Waals surface area contributed by atoms with Crippen LogP contribution in [0.2, 0.25) is 0 Å². The van der Waals surface area contributed by atoms with Crippen LogP contribution in [0.15, 0.2) is 36.7 Å². The van der Waals surface area contributed by atoms with Gasteiger partial charge in [-0.05, 0) is 24.6 Å².